The van der Waals surface area contributed by atoms with Crippen LogP contribution in [0.4, 0.5) is 13.2 Å². The molecule has 1 saturated carbocycles. The highest BCUT2D eigenvalue weighted by molar-refractivity contribution is 7.10. The smallest absolute Gasteiger partial charge is 0.378 e. The van der Waals surface area contributed by atoms with E-state index >= 15 is 0 Å². The SMILES string of the molecule is O=C(c1csc(C2(c3nc4c(c(=O)[nH]3)CN(C(=O)[C@H](O)c3cccc(C(F)(F)F)c3)CCC4)CC2)c1)N(Cc1ccccc1)Cc1ccccc1. The molecule has 262 valence electrons. The van der Waals surface area contributed by atoms with Gasteiger partial charge in [-0.25, -0.2) is 4.98 Å². The highest BCUT2D eigenvalue weighted by atomic mass is 32.1. The van der Waals surface area contributed by atoms with Gasteiger partial charge in [0.05, 0.1) is 34.3 Å². The van der Waals surface area contributed by atoms with Crippen LogP contribution in [-0.4, -0.2) is 43.2 Å². The number of carbonyl (C=O) groups excluding carboxylic acids is 2. The first-order valence-corrected chi connectivity index (χ1v) is 17.6. The first-order chi connectivity index (χ1) is 24.5. The Bertz CT molecular complexity index is 2070. The average Bonchev–Trinajstić information content (AvgIpc) is 3.85. The third-order valence-corrected chi connectivity index (χ3v) is 10.7. The lowest BCUT2D eigenvalue weighted by atomic mass is 10.0. The third kappa shape index (κ3) is 7.24. The molecule has 51 heavy (non-hydrogen) atoms. The van der Waals surface area contributed by atoms with Crippen LogP contribution in [0.2, 0.25) is 0 Å². The molecule has 0 unspecified atom stereocenters. The summed E-state index contributed by atoms with van der Waals surface area (Å²) in [5.74, 6) is -0.364. The fraction of sp³-hybridized carbons (Fsp3) is 0.282. The van der Waals surface area contributed by atoms with Gasteiger partial charge < -0.3 is 19.9 Å². The number of aromatic nitrogens is 2. The Kier molecular flexibility index (Phi) is 9.38. The number of carbonyl (C=O) groups is 2. The number of halogens is 3. The summed E-state index contributed by atoms with van der Waals surface area (Å²) >= 11 is 1.47. The second kappa shape index (κ2) is 13.9. The van der Waals surface area contributed by atoms with Crippen LogP contribution < -0.4 is 5.56 Å². The number of rotatable bonds is 9. The molecular weight excluding hydrogens is 678 g/mol. The van der Waals surface area contributed by atoms with Gasteiger partial charge >= 0.3 is 6.18 Å². The molecule has 1 fully saturated rings. The number of H-pyrrole nitrogens is 1. The normalized spacial score (nSPS) is 15.8. The fourth-order valence-corrected chi connectivity index (χ4v) is 7.80. The van der Waals surface area contributed by atoms with E-state index in [0.29, 0.717) is 43.0 Å². The zero-order valence-electron chi connectivity index (χ0n) is 27.5. The number of aliphatic hydroxyl groups excluding tert-OH is 1. The van der Waals surface area contributed by atoms with Crippen LogP contribution in [0.25, 0.3) is 0 Å². The van der Waals surface area contributed by atoms with Crippen LogP contribution in [0.5, 0.6) is 0 Å². The van der Waals surface area contributed by atoms with Gasteiger partial charge in [-0.3, -0.25) is 14.4 Å². The highest BCUT2D eigenvalue weighted by Crippen LogP contribution is 2.54. The van der Waals surface area contributed by atoms with E-state index < -0.39 is 34.7 Å². The summed E-state index contributed by atoms with van der Waals surface area (Å²) in [6.07, 6.45) is -4.09. The zero-order chi connectivity index (χ0) is 35.8. The lowest BCUT2D eigenvalue weighted by Gasteiger charge is -2.24. The summed E-state index contributed by atoms with van der Waals surface area (Å²) in [6.45, 7) is 0.961. The number of benzene rings is 3. The molecule has 0 saturated heterocycles. The Morgan fingerprint density at radius 1 is 0.961 bits per heavy atom. The molecule has 5 aromatic rings. The van der Waals surface area contributed by atoms with Crippen LogP contribution in [0, 0.1) is 0 Å². The molecule has 1 aliphatic carbocycles. The van der Waals surface area contributed by atoms with Crippen LogP contribution in [-0.2, 0) is 42.4 Å². The molecule has 2 aliphatic rings. The Balaban J connectivity index is 1.11. The maximum absolute atomic E-state index is 14.0. The van der Waals surface area contributed by atoms with Gasteiger partial charge in [0.1, 0.15) is 5.82 Å². The first kappa shape index (κ1) is 34.4. The molecule has 3 aromatic carbocycles. The van der Waals surface area contributed by atoms with Crippen LogP contribution in [0.1, 0.15) is 79.9 Å². The van der Waals surface area contributed by atoms with Crippen molar-refractivity contribution < 1.29 is 27.9 Å². The van der Waals surface area contributed by atoms with E-state index in [-0.39, 0.29) is 30.1 Å². The molecule has 2 aromatic heterocycles. The van der Waals surface area contributed by atoms with Crippen LogP contribution in [0.3, 0.4) is 0 Å². The highest BCUT2D eigenvalue weighted by Gasteiger charge is 2.50. The number of aromatic amines is 1. The van der Waals surface area contributed by atoms with Gasteiger partial charge in [-0.2, -0.15) is 13.2 Å². The van der Waals surface area contributed by atoms with Crippen molar-refractivity contribution in [2.45, 2.75) is 63.0 Å². The molecule has 3 heterocycles. The number of amides is 2. The molecular formula is C39H35F3N4O4S. The minimum Gasteiger partial charge on any atom is -0.378 e. The third-order valence-electron chi connectivity index (χ3n) is 9.61. The molecule has 7 rings (SSSR count). The standard InChI is InChI=1S/C39H35F3N4O4S/c40-39(41,42)29-14-7-13-27(19-29)33(47)36(50)45-18-8-15-31-30(23-45)34(48)44-37(43-31)38(16-17-38)32-20-28(24-51-32)35(49)46(21-25-9-3-1-4-10-25)22-26-11-5-2-6-12-26/h1-7,9-14,19-20,24,33,47H,8,15-18,21-23H2,(H,43,44,48)/t33-/m1/s1. The van der Waals surface area contributed by atoms with E-state index in [9.17, 15) is 32.7 Å². The summed E-state index contributed by atoms with van der Waals surface area (Å²) < 4.78 is 39.8. The van der Waals surface area contributed by atoms with E-state index in [1.54, 1.807) is 0 Å². The van der Waals surface area contributed by atoms with Gasteiger partial charge in [0, 0.05) is 29.9 Å². The summed E-state index contributed by atoms with van der Waals surface area (Å²) in [4.78, 5) is 52.8. The number of nitrogens with one attached hydrogen (secondary N) is 1. The van der Waals surface area contributed by atoms with Crippen molar-refractivity contribution in [3.63, 3.8) is 0 Å². The molecule has 12 heteroatoms. The van der Waals surface area contributed by atoms with Crippen molar-refractivity contribution in [3.05, 3.63) is 157 Å². The number of aliphatic hydroxyl groups is 1. The van der Waals surface area contributed by atoms with Gasteiger partial charge in [0.2, 0.25) is 0 Å². The Morgan fingerprint density at radius 2 is 1.63 bits per heavy atom. The minimum absolute atomic E-state index is 0.0959. The zero-order valence-corrected chi connectivity index (χ0v) is 28.3. The van der Waals surface area contributed by atoms with Gasteiger partial charge in [-0.15, -0.1) is 11.3 Å². The van der Waals surface area contributed by atoms with Crippen LogP contribution in [0.15, 0.2) is 101 Å². The fourth-order valence-electron chi connectivity index (χ4n) is 6.65. The molecule has 2 amide bonds. The average molecular weight is 713 g/mol. The quantitative estimate of drug-likeness (QED) is 0.175. The summed E-state index contributed by atoms with van der Waals surface area (Å²) in [6, 6.07) is 25.6. The number of hydrogen-bond acceptors (Lipinski definition) is 6. The van der Waals surface area contributed by atoms with Gasteiger partial charge in [-0.05, 0) is 60.6 Å². The molecule has 0 radical (unpaired) electrons. The Morgan fingerprint density at radius 3 is 2.25 bits per heavy atom. The maximum atomic E-state index is 14.0. The number of hydrogen-bond donors (Lipinski definition) is 2. The monoisotopic (exact) mass is 712 g/mol. The number of aryl methyl sites for hydroxylation is 1. The topological polar surface area (TPSA) is 107 Å². The van der Waals surface area contributed by atoms with E-state index in [1.165, 1.54) is 22.3 Å². The second-order valence-electron chi connectivity index (χ2n) is 13.1. The molecule has 1 aliphatic heterocycles. The molecule has 8 nitrogen and oxygen atoms in total. The Hall–Kier alpha value is -5.07. The van der Waals surface area contributed by atoms with Crippen molar-refractivity contribution in [1.29, 1.82) is 0 Å². The number of alkyl halides is 3. The number of fused-ring (bicyclic) bond motifs is 1. The number of nitrogens with zero attached hydrogens (tertiary/aromatic N) is 3. The predicted octanol–water partition coefficient (Wildman–Crippen LogP) is 6.78. The lowest BCUT2D eigenvalue weighted by Crippen LogP contribution is -2.36. The van der Waals surface area contributed by atoms with E-state index in [0.717, 1.165) is 47.0 Å². The van der Waals surface area contributed by atoms with Crippen molar-refractivity contribution in [2.24, 2.45) is 0 Å². The maximum Gasteiger partial charge on any atom is 0.416 e. The van der Waals surface area contributed by atoms with E-state index in [4.69, 9.17) is 4.98 Å². The van der Waals surface area contributed by atoms with Crippen LogP contribution >= 0.6 is 11.3 Å². The molecule has 0 spiro atoms. The molecule has 1 atom stereocenters. The molecule has 0 bridgehead atoms. The first-order valence-electron chi connectivity index (χ1n) is 16.7. The van der Waals surface area contributed by atoms with Crippen molar-refractivity contribution >= 4 is 23.2 Å². The Labute approximate surface area is 296 Å². The van der Waals surface area contributed by atoms with Gasteiger partial charge in [-0.1, -0.05) is 72.8 Å². The van der Waals surface area contributed by atoms with E-state index in [2.05, 4.69) is 4.98 Å². The number of thiophene rings is 1. The molecule has 2 N–H and O–H groups in total. The lowest BCUT2D eigenvalue weighted by molar-refractivity contribution is -0.142. The predicted molar refractivity (Wildman–Crippen MR) is 186 cm³/mol. The summed E-state index contributed by atoms with van der Waals surface area (Å²) in [5.41, 5.74) is 1.37. The largest absolute Gasteiger partial charge is 0.416 e. The van der Waals surface area contributed by atoms with E-state index in [1.807, 2.05) is 77.0 Å². The van der Waals surface area contributed by atoms with Crippen molar-refractivity contribution in [1.82, 2.24) is 19.8 Å². The van der Waals surface area contributed by atoms with Gasteiger partial charge in [0.25, 0.3) is 17.4 Å². The summed E-state index contributed by atoms with van der Waals surface area (Å²) in [7, 11) is 0. The van der Waals surface area contributed by atoms with Crippen molar-refractivity contribution in [3.8, 4) is 0 Å². The van der Waals surface area contributed by atoms with Gasteiger partial charge in [0.15, 0.2) is 6.10 Å². The second-order valence-corrected chi connectivity index (χ2v) is 14.1. The minimum atomic E-state index is -4.62. The summed E-state index contributed by atoms with van der Waals surface area (Å²) in [5, 5.41) is 12.6. The van der Waals surface area contributed by atoms with Crippen molar-refractivity contribution in [2.75, 3.05) is 6.54 Å².